The van der Waals surface area contributed by atoms with Crippen LogP contribution in [0.3, 0.4) is 0 Å². The topological polar surface area (TPSA) is 100 Å². The Kier molecular flexibility index (Phi) is 7.98. The third-order valence-corrected chi connectivity index (χ3v) is 9.64. The Labute approximate surface area is 243 Å². The average Bonchev–Trinajstić information content (AvgIpc) is 3.41. The van der Waals surface area contributed by atoms with Gasteiger partial charge in [-0.15, -0.1) is 11.3 Å². The molecule has 1 amide bonds. The molecule has 2 N–H and O–H groups in total. The van der Waals surface area contributed by atoms with E-state index in [9.17, 15) is 9.59 Å². The number of aromatic amines is 1. The molecule has 0 spiro atoms. The first-order valence-corrected chi connectivity index (χ1v) is 15.1. The molecule has 1 atom stereocenters. The molecule has 0 radical (unpaired) electrons. The summed E-state index contributed by atoms with van der Waals surface area (Å²) in [5.74, 6) is 0.923. The highest BCUT2D eigenvalue weighted by Crippen LogP contribution is 2.45. The first kappa shape index (κ1) is 27.6. The predicted octanol–water partition coefficient (Wildman–Crippen LogP) is 7.80. The van der Waals surface area contributed by atoms with Crippen molar-refractivity contribution < 1.29 is 9.21 Å². The maximum atomic E-state index is 13.5. The Hall–Kier alpha value is -2.95. The number of H-pyrrole nitrogens is 1. The number of carbonyl (C=O) groups excluding carboxylic acids is 1. The zero-order valence-corrected chi connectivity index (χ0v) is 25.4. The van der Waals surface area contributed by atoms with Crippen LogP contribution in [0, 0.1) is 18.3 Å². The number of hydrogen-bond acceptors (Lipinski definition) is 7. The Bertz CT molecular complexity index is 1600. The van der Waals surface area contributed by atoms with Crippen LogP contribution >= 0.6 is 39.0 Å². The zero-order chi connectivity index (χ0) is 27.7. The molecule has 0 fully saturated rings. The van der Waals surface area contributed by atoms with Gasteiger partial charge in [-0.3, -0.25) is 9.59 Å². The summed E-state index contributed by atoms with van der Waals surface area (Å²) in [6.07, 6.45) is 4.48. The summed E-state index contributed by atoms with van der Waals surface area (Å²) in [6.45, 7) is 8.62. The lowest BCUT2D eigenvalue weighted by Crippen LogP contribution is -2.27. The van der Waals surface area contributed by atoms with Crippen molar-refractivity contribution in [1.82, 2.24) is 9.97 Å². The number of aryl methyl sites for hydroxylation is 1. The van der Waals surface area contributed by atoms with Gasteiger partial charge in [0.15, 0.2) is 10.2 Å². The van der Waals surface area contributed by atoms with Crippen molar-refractivity contribution in [2.75, 3.05) is 5.32 Å². The molecular weight excluding hydrogens is 596 g/mol. The second kappa shape index (κ2) is 11.3. The van der Waals surface area contributed by atoms with E-state index in [1.54, 1.807) is 24.5 Å². The summed E-state index contributed by atoms with van der Waals surface area (Å²) >= 11 is 6.33. The number of rotatable bonds is 6. The standard InChI is InChI=1S/C29H29BrN4O3S2/c1-16-12-23(35)34-28(32-16)39-27-21(30)14-19(37-27)15-31-26-24(25(36)33-18-8-6-5-7-9-18)20-11-10-17(29(2,3)4)13-22(20)38-26/h5-9,12,14-15,17H,10-11,13H2,1-4H3,(H,33,36)(H,32,34,35)/t17-/m0/s1. The molecule has 0 aliphatic heterocycles. The Morgan fingerprint density at radius 3 is 2.77 bits per heavy atom. The molecule has 1 aliphatic rings. The fraction of sp³-hybridized carbons (Fsp3) is 0.310. The predicted molar refractivity (Wildman–Crippen MR) is 161 cm³/mol. The molecule has 3 aromatic heterocycles. The van der Waals surface area contributed by atoms with Crippen molar-refractivity contribution in [3.05, 3.63) is 84.7 Å². The number of furan rings is 1. The van der Waals surface area contributed by atoms with Crippen LogP contribution in [0.5, 0.6) is 0 Å². The van der Waals surface area contributed by atoms with Crippen molar-refractivity contribution in [3.63, 3.8) is 0 Å². The number of para-hydroxylation sites is 1. The summed E-state index contributed by atoms with van der Waals surface area (Å²) in [4.78, 5) is 38.4. The minimum absolute atomic E-state index is 0.147. The van der Waals surface area contributed by atoms with Crippen LogP contribution in [0.2, 0.25) is 0 Å². The summed E-state index contributed by atoms with van der Waals surface area (Å²) in [6, 6.07) is 12.7. The van der Waals surface area contributed by atoms with Gasteiger partial charge in [-0.25, -0.2) is 9.98 Å². The number of nitrogens with zero attached hydrogens (tertiary/aromatic N) is 2. The van der Waals surface area contributed by atoms with Crippen molar-refractivity contribution in [1.29, 1.82) is 0 Å². The number of hydrogen-bond donors (Lipinski definition) is 2. The van der Waals surface area contributed by atoms with Crippen molar-refractivity contribution in [2.45, 2.75) is 57.2 Å². The van der Waals surface area contributed by atoms with Gasteiger partial charge in [0.1, 0.15) is 10.8 Å². The summed E-state index contributed by atoms with van der Waals surface area (Å²) in [5, 5.41) is 4.71. The number of aliphatic imine (C=N–C) groups is 1. The minimum Gasteiger partial charge on any atom is -0.447 e. The molecule has 0 saturated heterocycles. The number of halogens is 1. The SMILES string of the molecule is Cc1cc(=O)[nH]c(Sc2oc(C=Nc3sc4c(c3C(=O)Nc3ccccc3)CC[C@H](C(C)(C)C)C4)cc2Br)n1. The van der Waals surface area contributed by atoms with Gasteiger partial charge in [-0.05, 0) is 82.9 Å². The van der Waals surface area contributed by atoms with Crippen molar-refractivity contribution in [2.24, 2.45) is 16.3 Å². The molecule has 7 nitrogen and oxygen atoms in total. The van der Waals surface area contributed by atoms with Crippen LogP contribution in [0.1, 0.15) is 59.4 Å². The highest BCUT2D eigenvalue weighted by Gasteiger charge is 2.33. The second-order valence-electron chi connectivity index (χ2n) is 10.6. The fourth-order valence-corrected chi connectivity index (χ4v) is 7.29. The van der Waals surface area contributed by atoms with E-state index < -0.39 is 0 Å². The number of thiophene rings is 1. The number of amides is 1. The number of benzene rings is 1. The molecule has 5 rings (SSSR count). The Balaban J connectivity index is 1.45. The summed E-state index contributed by atoms with van der Waals surface area (Å²) in [5.41, 5.74) is 3.10. The lowest BCUT2D eigenvalue weighted by Gasteiger charge is -2.33. The number of carbonyl (C=O) groups is 1. The lowest BCUT2D eigenvalue weighted by molar-refractivity contribution is 0.102. The summed E-state index contributed by atoms with van der Waals surface area (Å²) in [7, 11) is 0. The fourth-order valence-electron chi connectivity index (χ4n) is 4.66. The second-order valence-corrected chi connectivity index (χ2v) is 13.5. The van der Waals surface area contributed by atoms with E-state index >= 15 is 0 Å². The van der Waals surface area contributed by atoms with Gasteiger partial charge in [0.2, 0.25) is 0 Å². The maximum absolute atomic E-state index is 13.5. The van der Waals surface area contributed by atoms with Crippen LogP contribution in [0.25, 0.3) is 0 Å². The van der Waals surface area contributed by atoms with Gasteiger partial charge in [-0.1, -0.05) is 39.0 Å². The van der Waals surface area contributed by atoms with Crippen LogP contribution in [-0.2, 0) is 12.8 Å². The van der Waals surface area contributed by atoms with E-state index in [4.69, 9.17) is 9.41 Å². The van der Waals surface area contributed by atoms with E-state index in [0.717, 1.165) is 35.0 Å². The third-order valence-electron chi connectivity index (χ3n) is 6.75. The summed E-state index contributed by atoms with van der Waals surface area (Å²) < 4.78 is 6.71. The largest absolute Gasteiger partial charge is 0.447 e. The molecule has 4 aromatic rings. The van der Waals surface area contributed by atoms with Crippen LogP contribution in [-0.4, -0.2) is 22.1 Å². The van der Waals surface area contributed by atoms with E-state index in [0.29, 0.717) is 38.2 Å². The monoisotopic (exact) mass is 624 g/mol. The molecule has 1 aromatic carbocycles. The van der Waals surface area contributed by atoms with Crippen molar-refractivity contribution in [3.8, 4) is 0 Å². The molecular formula is C29H29BrN4O3S2. The first-order valence-electron chi connectivity index (χ1n) is 12.7. The van der Waals surface area contributed by atoms with Gasteiger partial charge in [0.25, 0.3) is 11.5 Å². The first-order chi connectivity index (χ1) is 18.6. The minimum atomic E-state index is -0.217. The highest BCUT2D eigenvalue weighted by atomic mass is 79.9. The van der Waals surface area contributed by atoms with Crippen molar-refractivity contribution >= 4 is 61.8 Å². The molecule has 1 aliphatic carbocycles. The van der Waals surface area contributed by atoms with Crippen LogP contribution in [0.15, 0.2) is 71.4 Å². The third kappa shape index (κ3) is 6.45. The van der Waals surface area contributed by atoms with Crippen LogP contribution in [0.4, 0.5) is 10.7 Å². The Morgan fingerprint density at radius 1 is 1.28 bits per heavy atom. The molecule has 39 heavy (non-hydrogen) atoms. The van der Waals surface area contributed by atoms with Gasteiger partial charge in [-0.2, -0.15) is 0 Å². The average molecular weight is 626 g/mol. The normalized spacial score (nSPS) is 15.5. The van der Waals surface area contributed by atoms with E-state index in [2.05, 4.69) is 52.0 Å². The lowest BCUT2D eigenvalue weighted by atomic mass is 9.72. The molecule has 0 bridgehead atoms. The van der Waals surface area contributed by atoms with E-state index in [-0.39, 0.29) is 16.9 Å². The molecule has 0 unspecified atom stereocenters. The maximum Gasteiger partial charge on any atom is 0.259 e. The molecule has 3 heterocycles. The Morgan fingerprint density at radius 2 is 2.05 bits per heavy atom. The quantitative estimate of drug-likeness (QED) is 0.168. The van der Waals surface area contributed by atoms with Gasteiger partial charge in [0, 0.05) is 28.4 Å². The molecule has 10 heteroatoms. The van der Waals surface area contributed by atoms with Gasteiger partial charge >= 0.3 is 0 Å². The van der Waals surface area contributed by atoms with E-state index in [1.165, 1.54) is 22.7 Å². The van der Waals surface area contributed by atoms with Gasteiger partial charge < -0.3 is 14.7 Å². The number of anilines is 1. The van der Waals surface area contributed by atoms with Crippen LogP contribution < -0.4 is 10.9 Å². The zero-order valence-electron chi connectivity index (χ0n) is 22.1. The van der Waals surface area contributed by atoms with Gasteiger partial charge in [0.05, 0.1) is 16.3 Å². The number of fused-ring (bicyclic) bond motifs is 1. The smallest absolute Gasteiger partial charge is 0.259 e. The number of aromatic nitrogens is 2. The highest BCUT2D eigenvalue weighted by molar-refractivity contribution is 9.10. The molecule has 202 valence electrons. The molecule has 0 saturated carbocycles. The van der Waals surface area contributed by atoms with E-state index in [1.807, 2.05) is 36.4 Å². The number of nitrogens with one attached hydrogen (secondary N) is 2.